The number of nitrogens with zero attached hydrogens (tertiary/aromatic N) is 1. The molecule has 0 unspecified atom stereocenters. The van der Waals surface area contributed by atoms with Crippen LogP contribution in [0.25, 0.3) is 0 Å². The molecule has 1 atom stereocenters. The maximum atomic E-state index is 12.5. The average Bonchev–Trinajstić information content (AvgIpc) is 2.70. The molecular formula is C21H28N2O5S. The number of nitrogens with one attached hydrogen (secondary N) is 1. The molecular weight excluding hydrogens is 392 g/mol. The first-order valence-electron chi connectivity index (χ1n) is 9.38. The second-order valence-corrected chi connectivity index (χ2v) is 8.58. The summed E-state index contributed by atoms with van der Waals surface area (Å²) in [6, 6.07) is 13.7. The van der Waals surface area contributed by atoms with Gasteiger partial charge >= 0.3 is 0 Å². The lowest BCUT2D eigenvalue weighted by atomic mass is 10.1. The maximum absolute atomic E-state index is 12.5. The van der Waals surface area contributed by atoms with E-state index < -0.39 is 15.9 Å². The largest absolute Gasteiger partial charge is 0.497 e. The minimum absolute atomic E-state index is 0.278. The molecule has 0 radical (unpaired) electrons. The molecule has 0 fully saturated rings. The number of carbonyl (C=O) groups is 1. The first-order valence-corrected chi connectivity index (χ1v) is 11.2. The van der Waals surface area contributed by atoms with Crippen LogP contribution in [-0.2, 0) is 14.8 Å². The minimum Gasteiger partial charge on any atom is -0.497 e. The fraction of sp³-hybridized carbons (Fsp3) is 0.381. The molecule has 7 nitrogen and oxygen atoms in total. The van der Waals surface area contributed by atoms with Crippen molar-refractivity contribution >= 4 is 21.6 Å². The number of rotatable bonds is 10. The highest BCUT2D eigenvalue weighted by Crippen LogP contribution is 2.22. The Bertz CT molecular complexity index is 896. The van der Waals surface area contributed by atoms with Crippen LogP contribution >= 0.6 is 0 Å². The summed E-state index contributed by atoms with van der Waals surface area (Å²) in [5.74, 6) is 0.980. The Labute approximate surface area is 172 Å². The van der Waals surface area contributed by atoms with Gasteiger partial charge in [-0.2, -0.15) is 0 Å². The van der Waals surface area contributed by atoms with Crippen molar-refractivity contribution in [3.63, 3.8) is 0 Å². The standard InChI is InChI=1S/C21H28N2O5S/c1-5-14-28-20-12-8-18(9-13-20)23(29(4,25)26)15-21(24)22-16(2)17-6-10-19(27-3)11-7-17/h6-13,16H,5,14-15H2,1-4H3,(H,22,24)/t16-/m0/s1. The molecule has 1 N–H and O–H groups in total. The molecule has 158 valence electrons. The van der Waals surface area contributed by atoms with Gasteiger partial charge in [0.25, 0.3) is 0 Å². The van der Waals surface area contributed by atoms with Crippen molar-refractivity contribution in [2.45, 2.75) is 26.3 Å². The van der Waals surface area contributed by atoms with E-state index in [9.17, 15) is 13.2 Å². The van der Waals surface area contributed by atoms with Crippen LogP contribution in [0.4, 0.5) is 5.69 Å². The Kier molecular flexibility index (Phi) is 7.90. The van der Waals surface area contributed by atoms with Crippen molar-refractivity contribution in [3.05, 3.63) is 54.1 Å². The van der Waals surface area contributed by atoms with Crippen molar-refractivity contribution in [2.75, 3.05) is 30.8 Å². The molecule has 0 heterocycles. The summed E-state index contributed by atoms with van der Waals surface area (Å²) < 4.78 is 36.2. The quantitative estimate of drug-likeness (QED) is 0.638. The van der Waals surface area contributed by atoms with Crippen molar-refractivity contribution in [3.8, 4) is 11.5 Å². The van der Waals surface area contributed by atoms with Crippen LogP contribution in [0.5, 0.6) is 11.5 Å². The lowest BCUT2D eigenvalue weighted by Gasteiger charge is -2.23. The third-order valence-corrected chi connectivity index (χ3v) is 5.42. The topological polar surface area (TPSA) is 84.9 Å². The van der Waals surface area contributed by atoms with E-state index in [2.05, 4.69) is 5.32 Å². The molecule has 0 aliphatic carbocycles. The predicted molar refractivity (Wildman–Crippen MR) is 114 cm³/mol. The Hall–Kier alpha value is -2.74. The lowest BCUT2D eigenvalue weighted by Crippen LogP contribution is -2.41. The highest BCUT2D eigenvalue weighted by molar-refractivity contribution is 7.92. The minimum atomic E-state index is -3.64. The number of carbonyl (C=O) groups excluding carboxylic acids is 1. The summed E-state index contributed by atoms with van der Waals surface area (Å²) in [5.41, 5.74) is 1.30. The number of methoxy groups -OCH3 is 1. The van der Waals surface area contributed by atoms with Gasteiger partial charge < -0.3 is 14.8 Å². The molecule has 0 spiro atoms. The van der Waals surface area contributed by atoms with Crippen molar-refractivity contribution in [1.82, 2.24) is 5.32 Å². The average molecular weight is 421 g/mol. The van der Waals surface area contributed by atoms with Gasteiger partial charge in [0.1, 0.15) is 18.0 Å². The summed E-state index contributed by atoms with van der Waals surface area (Å²) in [7, 11) is -2.05. The smallest absolute Gasteiger partial charge is 0.241 e. The van der Waals surface area contributed by atoms with Crippen LogP contribution in [0.3, 0.4) is 0 Å². The van der Waals surface area contributed by atoms with Crippen molar-refractivity contribution < 1.29 is 22.7 Å². The zero-order chi connectivity index (χ0) is 21.4. The molecule has 0 saturated heterocycles. The Morgan fingerprint density at radius 1 is 1.07 bits per heavy atom. The van der Waals surface area contributed by atoms with Gasteiger partial charge in [0.05, 0.1) is 31.7 Å². The summed E-state index contributed by atoms with van der Waals surface area (Å²) in [6.07, 6.45) is 1.96. The van der Waals surface area contributed by atoms with E-state index in [0.29, 0.717) is 18.0 Å². The predicted octanol–water partition coefficient (Wildman–Crippen LogP) is 3.13. The number of anilines is 1. The van der Waals surface area contributed by atoms with E-state index >= 15 is 0 Å². The maximum Gasteiger partial charge on any atom is 0.241 e. The zero-order valence-electron chi connectivity index (χ0n) is 17.2. The van der Waals surface area contributed by atoms with Crippen LogP contribution in [0.2, 0.25) is 0 Å². The van der Waals surface area contributed by atoms with Crippen molar-refractivity contribution in [2.24, 2.45) is 0 Å². The SMILES string of the molecule is CCCOc1ccc(N(CC(=O)N[C@@H](C)c2ccc(OC)cc2)S(C)(=O)=O)cc1. The number of benzene rings is 2. The Morgan fingerprint density at radius 2 is 1.66 bits per heavy atom. The van der Waals surface area contributed by atoms with Gasteiger partial charge in [0.15, 0.2) is 0 Å². The Morgan fingerprint density at radius 3 is 2.17 bits per heavy atom. The number of ether oxygens (including phenoxy) is 2. The third kappa shape index (κ3) is 6.67. The van der Waals surface area contributed by atoms with Gasteiger partial charge in [0, 0.05) is 0 Å². The van der Waals surface area contributed by atoms with Gasteiger partial charge in [-0.15, -0.1) is 0 Å². The van der Waals surface area contributed by atoms with Crippen LogP contribution in [-0.4, -0.2) is 40.8 Å². The first-order chi connectivity index (χ1) is 13.7. The first kappa shape index (κ1) is 22.5. The number of hydrogen-bond donors (Lipinski definition) is 1. The van der Waals surface area contributed by atoms with Crippen LogP contribution in [0, 0.1) is 0 Å². The summed E-state index contributed by atoms with van der Waals surface area (Å²) >= 11 is 0. The molecule has 0 bridgehead atoms. The van der Waals surface area contributed by atoms with Gasteiger partial charge in [-0.25, -0.2) is 8.42 Å². The second-order valence-electron chi connectivity index (χ2n) is 6.67. The Balaban J connectivity index is 2.08. The van der Waals surface area contributed by atoms with Gasteiger partial charge in [0.2, 0.25) is 15.9 Å². The summed E-state index contributed by atoms with van der Waals surface area (Å²) in [4.78, 5) is 12.5. The lowest BCUT2D eigenvalue weighted by molar-refractivity contribution is -0.120. The van der Waals surface area contributed by atoms with E-state index in [1.54, 1.807) is 31.4 Å². The van der Waals surface area contributed by atoms with Crippen LogP contribution < -0.4 is 19.1 Å². The summed E-state index contributed by atoms with van der Waals surface area (Å²) in [5, 5.41) is 2.83. The molecule has 1 amide bonds. The van der Waals surface area contributed by atoms with E-state index in [-0.39, 0.29) is 12.6 Å². The van der Waals surface area contributed by atoms with Gasteiger partial charge in [-0.05, 0) is 55.3 Å². The van der Waals surface area contributed by atoms with Crippen LogP contribution in [0.15, 0.2) is 48.5 Å². The fourth-order valence-electron chi connectivity index (χ4n) is 2.72. The molecule has 29 heavy (non-hydrogen) atoms. The molecule has 0 aliphatic rings. The highest BCUT2D eigenvalue weighted by Gasteiger charge is 2.22. The molecule has 0 saturated carbocycles. The molecule has 2 aromatic rings. The monoisotopic (exact) mass is 420 g/mol. The van der Waals surface area contributed by atoms with E-state index in [1.165, 1.54) is 0 Å². The van der Waals surface area contributed by atoms with Crippen LogP contribution in [0.1, 0.15) is 31.9 Å². The second kappa shape index (κ2) is 10.2. The van der Waals surface area contributed by atoms with E-state index in [0.717, 1.165) is 28.3 Å². The molecule has 8 heteroatoms. The van der Waals surface area contributed by atoms with Gasteiger partial charge in [-0.3, -0.25) is 9.10 Å². The molecule has 0 aliphatic heterocycles. The molecule has 2 aromatic carbocycles. The number of amides is 1. The van der Waals surface area contributed by atoms with E-state index in [4.69, 9.17) is 9.47 Å². The molecule has 2 rings (SSSR count). The molecule has 0 aromatic heterocycles. The van der Waals surface area contributed by atoms with E-state index in [1.807, 2.05) is 38.1 Å². The zero-order valence-corrected chi connectivity index (χ0v) is 18.0. The van der Waals surface area contributed by atoms with Gasteiger partial charge in [-0.1, -0.05) is 19.1 Å². The summed E-state index contributed by atoms with van der Waals surface area (Å²) in [6.45, 7) is 4.12. The number of sulfonamides is 1. The number of hydrogen-bond acceptors (Lipinski definition) is 5. The fourth-order valence-corrected chi connectivity index (χ4v) is 3.58. The van der Waals surface area contributed by atoms with Crippen molar-refractivity contribution in [1.29, 1.82) is 0 Å². The third-order valence-electron chi connectivity index (χ3n) is 4.28. The normalized spacial score (nSPS) is 12.1. The highest BCUT2D eigenvalue weighted by atomic mass is 32.2.